The van der Waals surface area contributed by atoms with Crippen LogP contribution in [0.15, 0.2) is 22.8 Å². The molecule has 0 unspecified atom stereocenters. The van der Waals surface area contributed by atoms with Crippen LogP contribution in [-0.4, -0.2) is 14.7 Å². The second kappa shape index (κ2) is 4.74. The molecule has 0 fully saturated rings. The van der Waals surface area contributed by atoms with E-state index in [9.17, 15) is 26.0 Å². The summed E-state index contributed by atoms with van der Waals surface area (Å²) < 4.78 is 82.1. The van der Waals surface area contributed by atoms with Crippen LogP contribution in [0.3, 0.4) is 0 Å². The molecule has 4 nitrogen and oxygen atoms in total. The van der Waals surface area contributed by atoms with Crippen LogP contribution < -0.4 is 0 Å². The fourth-order valence-electron chi connectivity index (χ4n) is 1.60. The minimum absolute atomic E-state index is 0.0534. The summed E-state index contributed by atoms with van der Waals surface area (Å²) in [5, 5.41) is -0.0534. The highest BCUT2D eigenvalue weighted by atomic mass is 32.2. The Labute approximate surface area is 111 Å². The lowest BCUT2D eigenvalue weighted by molar-refractivity contribution is -0.139. The number of fused-ring (bicyclic) bond motifs is 1. The van der Waals surface area contributed by atoms with Crippen molar-refractivity contribution >= 4 is 21.1 Å². The fraction of sp³-hybridized carbons (Fsp3) is 0.273. The molecule has 2 aromatic rings. The third-order valence-electron chi connectivity index (χ3n) is 2.48. The Hall–Kier alpha value is -1.61. The van der Waals surface area contributed by atoms with E-state index in [1.54, 1.807) is 0 Å². The average Bonchev–Trinajstić information content (AvgIpc) is 2.65. The molecule has 0 aliphatic heterocycles. The topological polar surface area (TPSA) is 56.5 Å². The fourth-order valence-corrected chi connectivity index (χ4v) is 1.94. The van der Waals surface area contributed by atoms with Gasteiger partial charge in [0.1, 0.15) is 11.4 Å². The predicted octanol–water partition coefficient (Wildman–Crippen LogP) is 3.07. The summed E-state index contributed by atoms with van der Waals surface area (Å²) in [6.45, 7) is -0.491. The molecule has 0 saturated carbocycles. The first-order valence-electron chi connectivity index (χ1n) is 5.19. The highest BCUT2D eigenvalue weighted by Crippen LogP contribution is 2.35. The van der Waals surface area contributed by atoms with Crippen LogP contribution >= 0.6 is 0 Å². The molecule has 1 heterocycles. The van der Waals surface area contributed by atoms with Crippen LogP contribution in [0, 0.1) is 5.82 Å². The van der Waals surface area contributed by atoms with E-state index in [4.69, 9.17) is 4.42 Å². The van der Waals surface area contributed by atoms with Crippen LogP contribution in [0.2, 0.25) is 0 Å². The van der Waals surface area contributed by atoms with E-state index in [2.05, 4.69) is 4.18 Å². The average molecular weight is 312 g/mol. The number of furan rings is 1. The van der Waals surface area contributed by atoms with Crippen LogP contribution in [0.5, 0.6) is 0 Å². The first kappa shape index (κ1) is 14.8. The summed E-state index contributed by atoms with van der Waals surface area (Å²) in [5.74, 6) is -1.46. The van der Waals surface area contributed by atoms with Gasteiger partial charge in [-0.3, -0.25) is 4.18 Å². The van der Waals surface area contributed by atoms with Crippen molar-refractivity contribution in [2.75, 3.05) is 6.26 Å². The molecule has 20 heavy (non-hydrogen) atoms. The van der Waals surface area contributed by atoms with E-state index in [0.717, 1.165) is 12.5 Å². The Morgan fingerprint density at radius 1 is 1.30 bits per heavy atom. The lowest BCUT2D eigenvalue weighted by Gasteiger charge is -2.08. The van der Waals surface area contributed by atoms with Crippen LogP contribution in [0.4, 0.5) is 17.6 Å². The lowest BCUT2D eigenvalue weighted by atomic mass is 10.1. The number of alkyl halides is 3. The Kier molecular flexibility index (Phi) is 3.51. The normalized spacial score (nSPS) is 13.1. The minimum atomic E-state index is -4.86. The molecule has 2 rings (SSSR count). The summed E-state index contributed by atoms with van der Waals surface area (Å²) in [6.07, 6.45) is -3.03. The maximum absolute atomic E-state index is 13.3. The highest BCUT2D eigenvalue weighted by Gasteiger charge is 2.35. The number of rotatable bonds is 3. The van der Waals surface area contributed by atoms with Crippen molar-refractivity contribution in [1.29, 1.82) is 0 Å². The van der Waals surface area contributed by atoms with Gasteiger partial charge in [-0.25, -0.2) is 4.39 Å². The van der Waals surface area contributed by atoms with E-state index in [1.165, 1.54) is 0 Å². The predicted molar refractivity (Wildman–Crippen MR) is 60.8 cm³/mol. The van der Waals surface area contributed by atoms with Crippen molar-refractivity contribution in [1.82, 2.24) is 0 Å². The summed E-state index contributed by atoms with van der Waals surface area (Å²) in [5.41, 5.74) is -1.49. The van der Waals surface area contributed by atoms with Crippen molar-refractivity contribution in [2.24, 2.45) is 0 Å². The summed E-state index contributed by atoms with van der Waals surface area (Å²) in [6, 6.07) is 1.16. The molecular weight excluding hydrogens is 304 g/mol. The van der Waals surface area contributed by atoms with Gasteiger partial charge in [-0.15, -0.1) is 0 Å². The SMILES string of the molecule is CS(=O)(=O)OCc1coc2cc(F)c(C(F)(F)F)cc12. The van der Waals surface area contributed by atoms with Crippen molar-refractivity contribution in [3.8, 4) is 0 Å². The number of halogens is 4. The molecule has 0 radical (unpaired) electrons. The number of hydrogen-bond acceptors (Lipinski definition) is 4. The van der Waals surface area contributed by atoms with Crippen molar-refractivity contribution < 1.29 is 34.6 Å². The molecule has 1 aromatic carbocycles. The standard InChI is InChI=1S/C11H8F4O4S/c1-20(16,17)19-5-6-4-18-10-3-9(12)8(2-7(6)10)11(13,14)15/h2-4H,5H2,1H3. The van der Waals surface area contributed by atoms with Gasteiger partial charge in [0.2, 0.25) is 0 Å². The molecular formula is C11H8F4O4S. The van der Waals surface area contributed by atoms with E-state index in [1.807, 2.05) is 0 Å². The van der Waals surface area contributed by atoms with Gasteiger partial charge < -0.3 is 4.42 Å². The zero-order valence-corrected chi connectivity index (χ0v) is 10.8. The van der Waals surface area contributed by atoms with Gasteiger partial charge in [0.25, 0.3) is 10.1 Å². The first-order chi connectivity index (χ1) is 9.08. The first-order valence-corrected chi connectivity index (χ1v) is 7.01. The molecule has 0 amide bonds. The van der Waals surface area contributed by atoms with Gasteiger partial charge >= 0.3 is 6.18 Å². The third kappa shape index (κ3) is 3.10. The van der Waals surface area contributed by atoms with E-state index >= 15 is 0 Å². The van der Waals surface area contributed by atoms with Gasteiger partial charge in [-0.1, -0.05) is 0 Å². The van der Waals surface area contributed by atoms with Crippen molar-refractivity contribution in [3.63, 3.8) is 0 Å². The summed E-state index contributed by atoms with van der Waals surface area (Å²) in [7, 11) is -3.75. The van der Waals surface area contributed by atoms with Gasteiger partial charge in [-0.05, 0) is 6.07 Å². The van der Waals surface area contributed by atoms with Gasteiger partial charge in [0.05, 0.1) is 24.7 Å². The molecule has 0 N–H and O–H groups in total. The maximum atomic E-state index is 13.3. The van der Waals surface area contributed by atoms with Crippen molar-refractivity contribution in [3.05, 3.63) is 35.3 Å². The molecule has 0 aliphatic rings. The Bertz CT molecular complexity index is 746. The highest BCUT2D eigenvalue weighted by molar-refractivity contribution is 7.85. The van der Waals surface area contributed by atoms with Crippen molar-refractivity contribution in [2.45, 2.75) is 12.8 Å². The molecule has 9 heteroatoms. The van der Waals surface area contributed by atoms with Crippen LogP contribution in [-0.2, 0) is 27.1 Å². The number of benzene rings is 1. The van der Waals surface area contributed by atoms with E-state index in [-0.39, 0.29) is 16.5 Å². The summed E-state index contributed by atoms with van der Waals surface area (Å²) >= 11 is 0. The monoisotopic (exact) mass is 312 g/mol. The molecule has 0 bridgehead atoms. The second-order valence-corrected chi connectivity index (χ2v) is 5.70. The zero-order valence-electron chi connectivity index (χ0n) is 9.99. The minimum Gasteiger partial charge on any atom is -0.464 e. The zero-order chi connectivity index (χ0) is 15.1. The Morgan fingerprint density at radius 2 is 1.95 bits per heavy atom. The molecule has 1 aromatic heterocycles. The maximum Gasteiger partial charge on any atom is 0.419 e. The Balaban J connectivity index is 2.49. The van der Waals surface area contributed by atoms with Crippen LogP contribution in [0.25, 0.3) is 11.0 Å². The smallest absolute Gasteiger partial charge is 0.419 e. The summed E-state index contributed by atoms with van der Waals surface area (Å²) in [4.78, 5) is 0. The quantitative estimate of drug-likeness (QED) is 0.645. The Morgan fingerprint density at radius 3 is 2.50 bits per heavy atom. The van der Waals surface area contributed by atoms with E-state index in [0.29, 0.717) is 12.1 Å². The molecule has 0 spiro atoms. The largest absolute Gasteiger partial charge is 0.464 e. The number of hydrogen-bond donors (Lipinski definition) is 0. The van der Waals surface area contributed by atoms with Crippen LogP contribution in [0.1, 0.15) is 11.1 Å². The van der Waals surface area contributed by atoms with Gasteiger partial charge in [-0.2, -0.15) is 21.6 Å². The lowest BCUT2D eigenvalue weighted by Crippen LogP contribution is -2.08. The molecule has 0 atom stereocenters. The molecule has 0 saturated heterocycles. The molecule has 110 valence electrons. The van der Waals surface area contributed by atoms with E-state index < -0.39 is 34.3 Å². The third-order valence-corrected chi connectivity index (χ3v) is 3.02. The van der Waals surface area contributed by atoms with Gasteiger partial charge in [0.15, 0.2) is 0 Å². The second-order valence-electron chi connectivity index (χ2n) is 4.05. The van der Waals surface area contributed by atoms with Gasteiger partial charge in [0, 0.05) is 17.0 Å². The molecule has 0 aliphatic carbocycles.